The van der Waals surface area contributed by atoms with Crippen molar-refractivity contribution < 1.29 is 0 Å². The van der Waals surface area contributed by atoms with Crippen LogP contribution in [0.1, 0.15) is 158 Å². The molecule has 0 radical (unpaired) electrons. The van der Waals surface area contributed by atoms with Crippen molar-refractivity contribution in [2.75, 3.05) is 9.80 Å². The predicted octanol–water partition coefficient (Wildman–Crippen LogP) is 17.2. The Kier molecular flexibility index (Phi) is 12.2. The smallest absolute Gasteiger partial charge is 0.252 e. The number of hydrogen-bond acceptors (Lipinski definition) is 2. The van der Waals surface area contributed by atoms with Gasteiger partial charge in [-0.3, -0.25) is 0 Å². The van der Waals surface area contributed by atoms with E-state index in [-0.39, 0.29) is 23.0 Å². The number of nitrogens with zero attached hydrogens (tertiary/aromatic N) is 2. The summed E-state index contributed by atoms with van der Waals surface area (Å²) in [6.07, 6.45) is 22.0. The number of unbranched alkanes of at least 4 members (excludes halogenated alkanes) is 1. The average molecular weight is 945 g/mol. The largest absolute Gasteiger partial charge is 0.315 e. The molecule has 6 aromatic carbocycles. The lowest BCUT2D eigenvalue weighted by atomic mass is 9.33. The highest BCUT2D eigenvalue weighted by Gasteiger charge is 2.49. The Bertz CT molecular complexity index is 3270. The van der Waals surface area contributed by atoms with E-state index in [1.54, 1.807) is 5.57 Å². The molecule has 72 heavy (non-hydrogen) atoms. The zero-order valence-electron chi connectivity index (χ0n) is 45.6. The van der Waals surface area contributed by atoms with Crippen molar-refractivity contribution in [3.8, 4) is 11.1 Å². The molecule has 0 amide bonds. The zero-order valence-corrected chi connectivity index (χ0v) is 45.6. The van der Waals surface area contributed by atoms with Gasteiger partial charge in [0.25, 0.3) is 6.71 Å². The molecule has 3 atom stereocenters. The first-order valence-electron chi connectivity index (χ1n) is 27.7. The highest BCUT2D eigenvalue weighted by atomic mass is 15.2. The van der Waals surface area contributed by atoms with Crippen molar-refractivity contribution in [3.63, 3.8) is 0 Å². The van der Waals surface area contributed by atoms with E-state index in [1.165, 1.54) is 150 Å². The van der Waals surface area contributed by atoms with E-state index in [9.17, 15) is 0 Å². The summed E-state index contributed by atoms with van der Waals surface area (Å²) in [5.74, 6) is 0.980. The van der Waals surface area contributed by atoms with Crippen molar-refractivity contribution in [2.24, 2.45) is 17.3 Å². The molecule has 0 N–H and O–H groups in total. The Morgan fingerprint density at radius 3 is 2.00 bits per heavy atom. The summed E-state index contributed by atoms with van der Waals surface area (Å²) < 4.78 is 0. The minimum absolute atomic E-state index is 0.0368. The number of allylic oxidation sites excluding steroid dienone is 8. The maximum Gasteiger partial charge on any atom is 0.252 e. The van der Waals surface area contributed by atoms with E-state index in [1.807, 2.05) is 0 Å². The van der Waals surface area contributed by atoms with Gasteiger partial charge in [-0.15, -0.1) is 0 Å². The monoisotopic (exact) mass is 945 g/mol. The molecular weight excluding hydrogens is 868 g/mol. The zero-order chi connectivity index (χ0) is 50.4. The fourth-order valence-corrected chi connectivity index (χ4v) is 13.9. The third kappa shape index (κ3) is 7.82. The minimum Gasteiger partial charge on any atom is -0.315 e. The van der Waals surface area contributed by atoms with Crippen LogP contribution in [0.3, 0.4) is 0 Å². The fourth-order valence-electron chi connectivity index (χ4n) is 13.9. The van der Waals surface area contributed by atoms with Gasteiger partial charge in [-0.2, -0.15) is 0 Å². The first kappa shape index (κ1) is 48.2. The molecule has 11 rings (SSSR count). The lowest BCUT2D eigenvalue weighted by Crippen LogP contribution is -2.62. The van der Waals surface area contributed by atoms with Crippen LogP contribution in [0, 0.1) is 38.0 Å². The molecule has 0 spiro atoms. The standard InChI is InChI=1S/C69H77BN2/c1-13-16-33-69(12)34-31-49(32-35-69)52-26-30-61(53(41-52)50-21-18-17-19-22-50)72-62-28-24-45(5)37-58(62)70-59-42-56-57(67(8,9)54-27-23-44(4)36-55(54)68(56,10)11)43-63(59)71(64-38-46(6)39-65(72)66(64)70)60-29-25-51(40-47(60)7)48(15-3)20-14-2/h17-19,21-32,34,36-39,41-43,47-48H,13-16,20,33,35,40H2,1-12H3. The van der Waals surface area contributed by atoms with Crippen LogP contribution in [0.5, 0.6) is 0 Å². The molecule has 5 aliphatic rings. The topological polar surface area (TPSA) is 6.48 Å². The third-order valence-electron chi connectivity index (χ3n) is 18.0. The van der Waals surface area contributed by atoms with E-state index in [2.05, 4.69) is 232 Å². The first-order valence-corrected chi connectivity index (χ1v) is 27.7. The summed E-state index contributed by atoms with van der Waals surface area (Å²) in [5.41, 5.74) is 28.3. The Balaban J connectivity index is 1.17. The van der Waals surface area contributed by atoms with Gasteiger partial charge in [-0.1, -0.05) is 195 Å². The molecule has 2 heterocycles. The summed E-state index contributed by atoms with van der Waals surface area (Å²) in [4.78, 5) is 5.40. The van der Waals surface area contributed by atoms with Crippen LogP contribution in [0.15, 0.2) is 151 Å². The van der Waals surface area contributed by atoms with Gasteiger partial charge in [-0.05, 0) is 168 Å². The number of fused-ring (bicyclic) bond motifs is 6. The van der Waals surface area contributed by atoms with Gasteiger partial charge in [-0.25, -0.2) is 0 Å². The maximum atomic E-state index is 2.75. The van der Waals surface area contributed by atoms with Gasteiger partial charge in [0.2, 0.25) is 0 Å². The molecule has 2 nitrogen and oxygen atoms in total. The third-order valence-corrected chi connectivity index (χ3v) is 18.0. The summed E-state index contributed by atoms with van der Waals surface area (Å²) >= 11 is 0. The SMILES string of the molecule is CCCCC1(C)C=CC(c2ccc(N3c4ccc(C)cc4B4c5cc6c(cc5N(C5=CC=C(C(CC)CCC)CC5C)c5cc(C)cc3c54)C(C)(C)c3ccc(C)cc3C6(C)C)c(-c3ccccc3)c2)=CC1. The number of hydrogen-bond donors (Lipinski definition) is 0. The Hall–Kier alpha value is -6.06. The molecular formula is C69H77BN2. The van der Waals surface area contributed by atoms with Gasteiger partial charge in [0.1, 0.15) is 0 Å². The average Bonchev–Trinajstić information content (AvgIpc) is 3.37. The van der Waals surface area contributed by atoms with Gasteiger partial charge < -0.3 is 9.80 Å². The molecule has 0 fully saturated rings. The number of benzene rings is 6. The van der Waals surface area contributed by atoms with Crippen molar-refractivity contribution in [3.05, 3.63) is 195 Å². The van der Waals surface area contributed by atoms with Crippen molar-refractivity contribution in [1.82, 2.24) is 0 Å². The van der Waals surface area contributed by atoms with Crippen molar-refractivity contribution in [1.29, 1.82) is 0 Å². The summed E-state index contributed by atoms with van der Waals surface area (Å²) in [7, 11) is 0. The molecule has 366 valence electrons. The number of aryl methyl sites for hydroxylation is 3. The van der Waals surface area contributed by atoms with E-state index in [0.29, 0.717) is 11.8 Å². The molecule has 0 saturated heterocycles. The van der Waals surface area contributed by atoms with Crippen LogP contribution in [-0.2, 0) is 10.8 Å². The van der Waals surface area contributed by atoms with Crippen LogP contribution in [0.25, 0.3) is 16.7 Å². The first-order chi connectivity index (χ1) is 34.6. The number of rotatable bonds is 11. The number of anilines is 5. The van der Waals surface area contributed by atoms with E-state index in [0.717, 1.165) is 12.8 Å². The lowest BCUT2D eigenvalue weighted by Gasteiger charge is -2.49. The van der Waals surface area contributed by atoms with Crippen LogP contribution in [0.2, 0.25) is 0 Å². The lowest BCUT2D eigenvalue weighted by molar-refractivity contribution is 0.379. The van der Waals surface area contributed by atoms with E-state index >= 15 is 0 Å². The van der Waals surface area contributed by atoms with Gasteiger partial charge >= 0.3 is 0 Å². The normalized spacial score (nSPS) is 20.4. The van der Waals surface area contributed by atoms with Crippen LogP contribution in [0.4, 0.5) is 28.4 Å². The molecule has 3 unspecified atom stereocenters. The quantitative estimate of drug-likeness (QED) is 0.119. The Labute approximate surface area is 433 Å². The van der Waals surface area contributed by atoms with Crippen molar-refractivity contribution >= 4 is 57.1 Å². The molecule has 0 saturated carbocycles. The second-order valence-corrected chi connectivity index (χ2v) is 24.0. The summed E-state index contributed by atoms with van der Waals surface area (Å²) in [6.45, 7) is 28.8. The van der Waals surface area contributed by atoms with Gasteiger partial charge in [0.05, 0.1) is 5.69 Å². The van der Waals surface area contributed by atoms with E-state index < -0.39 is 0 Å². The molecule has 0 aromatic heterocycles. The van der Waals surface area contributed by atoms with Gasteiger partial charge in [0, 0.05) is 50.8 Å². The molecule has 2 aliphatic heterocycles. The molecule has 0 bridgehead atoms. The molecule has 3 aliphatic carbocycles. The fraction of sp³-hybridized carbons (Fsp3) is 0.362. The van der Waals surface area contributed by atoms with Crippen LogP contribution >= 0.6 is 0 Å². The maximum absolute atomic E-state index is 2.75. The summed E-state index contributed by atoms with van der Waals surface area (Å²) in [6, 6.07) is 43.3. The highest BCUT2D eigenvalue weighted by Crippen LogP contribution is 2.54. The second kappa shape index (κ2) is 18.2. The van der Waals surface area contributed by atoms with Crippen LogP contribution < -0.4 is 26.2 Å². The Morgan fingerprint density at radius 1 is 0.611 bits per heavy atom. The second-order valence-electron chi connectivity index (χ2n) is 24.0. The Morgan fingerprint density at radius 2 is 1.29 bits per heavy atom. The minimum atomic E-state index is -0.189. The highest BCUT2D eigenvalue weighted by molar-refractivity contribution is 7.00. The van der Waals surface area contributed by atoms with E-state index in [4.69, 9.17) is 0 Å². The van der Waals surface area contributed by atoms with Crippen LogP contribution in [-0.4, -0.2) is 6.71 Å². The predicted molar refractivity (Wildman–Crippen MR) is 313 cm³/mol. The van der Waals surface area contributed by atoms with Crippen molar-refractivity contribution in [2.45, 2.75) is 145 Å². The molecule has 6 aromatic rings. The van der Waals surface area contributed by atoms with Gasteiger partial charge in [0.15, 0.2) is 0 Å². The molecule has 3 heteroatoms. The summed E-state index contributed by atoms with van der Waals surface area (Å²) in [5, 5.41) is 0.